The van der Waals surface area contributed by atoms with E-state index in [-0.39, 0.29) is 17.6 Å². The number of carbonyl (C=O) groups is 2. The molecule has 0 spiro atoms. The molecule has 0 aromatic heterocycles. The SMILES string of the molecule is Cc1cccc(C(=O)N[C@@H]2C(=O)N/[N+](=C\c3ccc(F)cc3)[C@@H]2c2ccccc2)c1. The van der Waals surface area contributed by atoms with Crippen molar-refractivity contribution < 1.29 is 18.7 Å². The lowest BCUT2D eigenvalue weighted by molar-refractivity contribution is -0.596. The van der Waals surface area contributed by atoms with Gasteiger partial charge in [-0.3, -0.25) is 9.59 Å². The Kier molecular flexibility index (Phi) is 5.39. The Balaban J connectivity index is 1.69. The molecule has 1 fully saturated rings. The van der Waals surface area contributed by atoms with E-state index in [1.54, 1.807) is 35.2 Å². The van der Waals surface area contributed by atoms with Gasteiger partial charge in [0.2, 0.25) is 12.3 Å². The molecular formula is C24H21FN3O2+. The molecule has 1 aliphatic heterocycles. The zero-order chi connectivity index (χ0) is 21.1. The Hall–Kier alpha value is -3.80. The molecule has 150 valence electrons. The highest BCUT2D eigenvalue weighted by atomic mass is 19.1. The average molecular weight is 402 g/mol. The first kappa shape index (κ1) is 19.5. The lowest BCUT2D eigenvalue weighted by Gasteiger charge is -2.15. The second-order valence-corrected chi connectivity index (χ2v) is 7.24. The van der Waals surface area contributed by atoms with E-state index in [4.69, 9.17) is 0 Å². The van der Waals surface area contributed by atoms with Crippen molar-refractivity contribution >= 4 is 18.0 Å². The fourth-order valence-electron chi connectivity index (χ4n) is 3.55. The van der Waals surface area contributed by atoms with Crippen molar-refractivity contribution in [2.75, 3.05) is 0 Å². The Labute approximate surface area is 173 Å². The first-order valence-corrected chi connectivity index (χ1v) is 9.63. The van der Waals surface area contributed by atoms with Crippen LogP contribution in [0.2, 0.25) is 0 Å². The van der Waals surface area contributed by atoms with Crippen LogP contribution >= 0.6 is 0 Å². The molecule has 2 N–H and O–H groups in total. The fraction of sp³-hybridized carbons (Fsp3) is 0.125. The Morgan fingerprint density at radius 2 is 1.77 bits per heavy atom. The number of aryl methyl sites for hydroxylation is 1. The van der Waals surface area contributed by atoms with E-state index < -0.39 is 12.1 Å². The summed E-state index contributed by atoms with van der Waals surface area (Å²) < 4.78 is 14.9. The molecule has 0 bridgehead atoms. The summed E-state index contributed by atoms with van der Waals surface area (Å²) in [6.07, 6.45) is 1.73. The number of carbonyl (C=O) groups excluding carboxylic acids is 2. The summed E-state index contributed by atoms with van der Waals surface area (Å²) in [4.78, 5) is 25.6. The zero-order valence-electron chi connectivity index (χ0n) is 16.4. The predicted octanol–water partition coefficient (Wildman–Crippen LogP) is 3.15. The smallest absolute Gasteiger partial charge is 0.304 e. The summed E-state index contributed by atoms with van der Waals surface area (Å²) in [6, 6.07) is 21.4. The molecule has 0 radical (unpaired) electrons. The molecule has 1 saturated heterocycles. The molecule has 6 heteroatoms. The predicted molar refractivity (Wildman–Crippen MR) is 112 cm³/mol. The third kappa shape index (κ3) is 4.12. The molecule has 0 aliphatic carbocycles. The number of hydrogen-bond acceptors (Lipinski definition) is 2. The molecule has 5 nitrogen and oxygen atoms in total. The van der Waals surface area contributed by atoms with Crippen molar-refractivity contribution in [3.05, 3.63) is 107 Å². The summed E-state index contributed by atoms with van der Waals surface area (Å²) >= 11 is 0. The molecule has 2 atom stereocenters. The summed E-state index contributed by atoms with van der Waals surface area (Å²) in [5.74, 6) is -0.966. The average Bonchev–Trinajstić information content (AvgIpc) is 3.05. The van der Waals surface area contributed by atoms with Crippen molar-refractivity contribution in [3.63, 3.8) is 0 Å². The number of benzene rings is 3. The van der Waals surface area contributed by atoms with Crippen LogP contribution in [0.15, 0.2) is 78.9 Å². The van der Waals surface area contributed by atoms with E-state index in [1.807, 2.05) is 49.4 Å². The number of hydrazine groups is 1. The minimum Gasteiger partial charge on any atom is -0.334 e. The minimum atomic E-state index is -0.794. The second-order valence-electron chi connectivity index (χ2n) is 7.24. The normalized spacial score (nSPS) is 19.5. The van der Waals surface area contributed by atoms with E-state index >= 15 is 0 Å². The summed E-state index contributed by atoms with van der Waals surface area (Å²) in [5.41, 5.74) is 5.86. The number of hydrogen-bond donors (Lipinski definition) is 2. The maximum absolute atomic E-state index is 13.3. The van der Waals surface area contributed by atoms with Crippen molar-refractivity contribution in [1.82, 2.24) is 10.7 Å². The largest absolute Gasteiger partial charge is 0.334 e. The summed E-state index contributed by atoms with van der Waals surface area (Å²) in [6.45, 7) is 1.91. The summed E-state index contributed by atoms with van der Waals surface area (Å²) in [7, 11) is 0. The third-order valence-corrected chi connectivity index (χ3v) is 5.00. The first-order valence-electron chi connectivity index (χ1n) is 9.63. The molecule has 30 heavy (non-hydrogen) atoms. The van der Waals surface area contributed by atoms with Crippen LogP contribution in [0.5, 0.6) is 0 Å². The minimum absolute atomic E-state index is 0.316. The molecule has 3 aromatic rings. The van der Waals surface area contributed by atoms with Crippen molar-refractivity contribution in [3.8, 4) is 0 Å². The van der Waals surface area contributed by atoms with Gasteiger partial charge in [0, 0.05) is 16.7 Å². The van der Waals surface area contributed by atoms with E-state index in [0.29, 0.717) is 5.56 Å². The molecule has 4 rings (SSSR count). The van der Waals surface area contributed by atoms with Gasteiger partial charge in [-0.1, -0.05) is 48.0 Å². The van der Waals surface area contributed by atoms with E-state index in [9.17, 15) is 14.0 Å². The van der Waals surface area contributed by atoms with Crippen LogP contribution in [0.3, 0.4) is 0 Å². The highest BCUT2D eigenvalue weighted by Gasteiger charge is 2.47. The molecule has 2 amide bonds. The topological polar surface area (TPSA) is 61.2 Å². The number of rotatable bonds is 4. The van der Waals surface area contributed by atoms with Gasteiger partial charge in [0.15, 0.2) is 6.04 Å². The number of amides is 2. The van der Waals surface area contributed by atoms with Gasteiger partial charge in [0.1, 0.15) is 5.82 Å². The lowest BCUT2D eigenvalue weighted by Crippen LogP contribution is -2.42. The summed E-state index contributed by atoms with van der Waals surface area (Å²) in [5, 5.41) is 2.87. The third-order valence-electron chi connectivity index (χ3n) is 5.00. The maximum atomic E-state index is 13.3. The monoisotopic (exact) mass is 402 g/mol. The van der Waals surface area contributed by atoms with Gasteiger partial charge in [0.05, 0.1) is 0 Å². The highest BCUT2D eigenvalue weighted by Crippen LogP contribution is 2.25. The van der Waals surface area contributed by atoms with E-state index in [2.05, 4.69) is 10.7 Å². The first-order chi connectivity index (χ1) is 14.5. The van der Waals surface area contributed by atoms with Crippen LogP contribution in [0.4, 0.5) is 4.39 Å². The Bertz CT molecular complexity index is 1110. The number of halogens is 1. The van der Waals surface area contributed by atoms with Crippen LogP contribution in [0.25, 0.3) is 0 Å². The van der Waals surface area contributed by atoms with E-state index in [1.165, 1.54) is 12.1 Å². The van der Waals surface area contributed by atoms with E-state index in [0.717, 1.165) is 16.7 Å². The molecular weight excluding hydrogens is 381 g/mol. The van der Waals surface area contributed by atoms with Crippen LogP contribution in [0.1, 0.15) is 33.1 Å². The van der Waals surface area contributed by atoms with Crippen molar-refractivity contribution in [1.29, 1.82) is 0 Å². The zero-order valence-corrected chi connectivity index (χ0v) is 16.4. The molecule has 3 aromatic carbocycles. The van der Waals surface area contributed by atoms with Crippen LogP contribution in [0, 0.1) is 12.7 Å². The quantitative estimate of drug-likeness (QED) is 0.659. The maximum Gasteiger partial charge on any atom is 0.304 e. The fourth-order valence-corrected chi connectivity index (χ4v) is 3.55. The van der Waals surface area contributed by atoms with Crippen molar-refractivity contribution in [2.24, 2.45) is 0 Å². The van der Waals surface area contributed by atoms with Gasteiger partial charge in [0.25, 0.3) is 5.91 Å². The molecule has 1 aliphatic rings. The van der Waals surface area contributed by atoms with Gasteiger partial charge in [-0.25, -0.2) is 4.39 Å². The van der Waals surface area contributed by atoms with Crippen LogP contribution in [-0.4, -0.2) is 28.8 Å². The van der Waals surface area contributed by atoms with Gasteiger partial charge < -0.3 is 5.32 Å². The Morgan fingerprint density at radius 1 is 1.03 bits per heavy atom. The molecule has 0 saturated carbocycles. The standard InChI is InChI=1S/C24H20FN3O2/c1-16-6-5-9-19(14-16)23(29)26-21-22(18-7-3-2-4-8-18)28(27-24(21)30)15-17-10-12-20(25)13-11-17/h2-15,21-22H,1H3,(H-,26,27,29,30)/p+1/b28-15-/t21-,22+/m0/s1. The van der Waals surface area contributed by atoms with Gasteiger partial charge >= 0.3 is 5.91 Å². The Morgan fingerprint density at radius 3 is 2.47 bits per heavy atom. The van der Waals surface area contributed by atoms with Crippen molar-refractivity contribution in [2.45, 2.75) is 19.0 Å². The van der Waals surface area contributed by atoms with Gasteiger partial charge in [-0.15, -0.1) is 10.1 Å². The molecule has 1 heterocycles. The second kappa shape index (κ2) is 8.29. The van der Waals surface area contributed by atoms with Crippen LogP contribution in [-0.2, 0) is 4.79 Å². The van der Waals surface area contributed by atoms with Gasteiger partial charge in [-0.2, -0.15) is 0 Å². The lowest BCUT2D eigenvalue weighted by atomic mass is 9.99. The molecule has 0 unspecified atom stereocenters. The number of hydrazone groups is 1. The highest BCUT2D eigenvalue weighted by molar-refractivity contribution is 5.98. The van der Waals surface area contributed by atoms with Gasteiger partial charge in [-0.05, 0) is 43.3 Å². The van der Waals surface area contributed by atoms with Crippen LogP contribution < -0.4 is 10.7 Å². The number of nitrogens with zero attached hydrogens (tertiary/aromatic N) is 1. The number of nitrogens with one attached hydrogen (secondary N) is 2.